The first-order valence-corrected chi connectivity index (χ1v) is 5.47. The summed E-state index contributed by atoms with van der Waals surface area (Å²) < 4.78 is 24.5. The lowest BCUT2D eigenvalue weighted by molar-refractivity contribution is 0.215. The van der Waals surface area contributed by atoms with Crippen molar-refractivity contribution >= 4 is 10.0 Å². The monoisotopic (exact) mass is 177 g/mol. The van der Waals surface area contributed by atoms with Crippen LogP contribution in [0.3, 0.4) is 0 Å². The second kappa shape index (κ2) is 2.75. The van der Waals surface area contributed by atoms with Gasteiger partial charge in [-0.3, -0.25) is 0 Å². The average molecular weight is 177 g/mol. The molecular weight excluding hydrogens is 162 g/mol. The molecule has 1 atom stereocenters. The van der Waals surface area contributed by atoms with Gasteiger partial charge in [-0.2, -0.15) is 4.31 Å². The molecule has 11 heavy (non-hydrogen) atoms. The van der Waals surface area contributed by atoms with Crippen molar-refractivity contribution < 1.29 is 8.42 Å². The molecule has 0 aromatic carbocycles. The average Bonchev–Trinajstić information content (AvgIpc) is 1.83. The third-order valence-electron chi connectivity index (χ3n) is 2.18. The maximum absolute atomic E-state index is 11.4. The summed E-state index contributed by atoms with van der Waals surface area (Å²) in [6.45, 7) is 6.10. The highest BCUT2D eigenvalue weighted by Gasteiger charge is 2.35. The summed E-state index contributed by atoms with van der Waals surface area (Å²) >= 11 is 0. The van der Waals surface area contributed by atoms with E-state index in [4.69, 9.17) is 0 Å². The highest BCUT2D eigenvalue weighted by atomic mass is 32.2. The fraction of sp³-hybridized carbons (Fsp3) is 1.00. The number of hydrogen-bond donors (Lipinski definition) is 0. The van der Waals surface area contributed by atoms with E-state index in [0.717, 1.165) is 6.42 Å². The molecule has 66 valence electrons. The van der Waals surface area contributed by atoms with E-state index < -0.39 is 10.0 Å². The normalized spacial score (nSPS) is 27.1. The van der Waals surface area contributed by atoms with Crippen LogP contribution in [-0.4, -0.2) is 30.6 Å². The lowest BCUT2D eigenvalue weighted by Crippen LogP contribution is -2.51. The van der Waals surface area contributed by atoms with E-state index in [-0.39, 0.29) is 11.3 Å². The molecule has 0 radical (unpaired) electrons. The fourth-order valence-electron chi connectivity index (χ4n) is 1.14. The smallest absolute Gasteiger partial charge is 0.212 e. The standard InChI is InChI=1S/C7H15NO2S/c1-6(2)11(9,10)8-5-4-7(8)3/h6-7H,4-5H2,1-3H3. The zero-order valence-corrected chi connectivity index (χ0v) is 8.06. The van der Waals surface area contributed by atoms with Gasteiger partial charge in [0.1, 0.15) is 0 Å². The predicted molar refractivity (Wildman–Crippen MR) is 44.8 cm³/mol. The van der Waals surface area contributed by atoms with E-state index >= 15 is 0 Å². The number of sulfonamides is 1. The molecule has 0 N–H and O–H groups in total. The maximum Gasteiger partial charge on any atom is 0.216 e. The van der Waals surface area contributed by atoms with Crippen LogP contribution in [0.15, 0.2) is 0 Å². The number of nitrogens with zero attached hydrogens (tertiary/aromatic N) is 1. The second-order valence-corrected chi connectivity index (χ2v) is 5.78. The molecule has 4 heteroatoms. The summed E-state index contributed by atoms with van der Waals surface area (Å²) in [5.74, 6) is 0. The molecule has 0 bridgehead atoms. The Hall–Kier alpha value is -0.0900. The summed E-state index contributed by atoms with van der Waals surface area (Å²) in [6, 6.07) is 0.224. The van der Waals surface area contributed by atoms with Crippen LogP contribution in [0, 0.1) is 0 Å². The van der Waals surface area contributed by atoms with Gasteiger partial charge in [-0.05, 0) is 27.2 Å². The van der Waals surface area contributed by atoms with Gasteiger partial charge in [-0.1, -0.05) is 0 Å². The minimum Gasteiger partial charge on any atom is -0.212 e. The van der Waals surface area contributed by atoms with Crippen molar-refractivity contribution in [3.8, 4) is 0 Å². The topological polar surface area (TPSA) is 37.4 Å². The number of hydrogen-bond acceptors (Lipinski definition) is 2. The van der Waals surface area contributed by atoms with E-state index in [2.05, 4.69) is 0 Å². The predicted octanol–water partition coefficient (Wildman–Crippen LogP) is 0.819. The van der Waals surface area contributed by atoms with Crippen LogP contribution in [0.5, 0.6) is 0 Å². The Morgan fingerprint density at radius 1 is 1.45 bits per heavy atom. The van der Waals surface area contributed by atoms with Gasteiger partial charge >= 0.3 is 0 Å². The highest BCUT2D eigenvalue weighted by molar-refractivity contribution is 7.89. The SMILES string of the molecule is CC1CCN1S(=O)(=O)C(C)C. The third-order valence-corrected chi connectivity index (χ3v) is 4.57. The Labute approximate surface area is 68.4 Å². The molecule has 1 aliphatic heterocycles. The van der Waals surface area contributed by atoms with Gasteiger partial charge in [-0.25, -0.2) is 8.42 Å². The molecule has 1 fully saturated rings. The van der Waals surface area contributed by atoms with E-state index in [1.54, 1.807) is 18.2 Å². The molecule has 1 saturated heterocycles. The van der Waals surface area contributed by atoms with Crippen LogP contribution >= 0.6 is 0 Å². The van der Waals surface area contributed by atoms with Gasteiger partial charge in [0.2, 0.25) is 10.0 Å². The molecule has 0 spiro atoms. The van der Waals surface area contributed by atoms with Gasteiger partial charge in [-0.15, -0.1) is 0 Å². The molecular formula is C7H15NO2S. The first-order valence-electron chi connectivity index (χ1n) is 3.97. The van der Waals surface area contributed by atoms with Crippen molar-refractivity contribution in [3.05, 3.63) is 0 Å². The zero-order valence-electron chi connectivity index (χ0n) is 7.24. The molecule has 3 nitrogen and oxygen atoms in total. The van der Waals surface area contributed by atoms with Crippen molar-refractivity contribution in [1.29, 1.82) is 0 Å². The largest absolute Gasteiger partial charge is 0.216 e. The Balaban J connectivity index is 2.74. The maximum atomic E-state index is 11.4. The van der Waals surface area contributed by atoms with Gasteiger partial charge in [0.15, 0.2) is 0 Å². The van der Waals surface area contributed by atoms with Crippen molar-refractivity contribution in [3.63, 3.8) is 0 Å². The van der Waals surface area contributed by atoms with E-state index in [1.165, 1.54) is 0 Å². The van der Waals surface area contributed by atoms with Crippen molar-refractivity contribution in [2.24, 2.45) is 0 Å². The molecule has 0 aromatic rings. The summed E-state index contributed by atoms with van der Waals surface area (Å²) in [7, 11) is -2.96. The molecule has 0 aliphatic carbocycles. The van der Waals surface area contributed by atoms with Crippen molar-refractivity contribution in [2.45, 2.75) is 38.5 Å². The molecule has 0 amide bonds. The first-order chi connectivity index (χ1) is 4.96. The van der Waals surface area contributed by atoms with Crippen LogP contribution in [0.25, 0.3) is 0 Å². The van der Waals surface area contributed by atoms with Crippen LogP contribution in [0.1, 0.15) is 27.2 Å². The minimum atomic E-state index is -2.96. The molecule has 1 heterocycles. The summed E-state index contributed by atoms with van der Waals surface area (Å²) in [6.07, 6.45) is 1.01. The summed E-state index contributed by atoms with van der Waals surface area (Å²) in [5.41, 5.74) is 0. The number of rotatable bonds is 2. The fourth-order valence-corrected chi connectivity index (χ4v) is 2.65. The van der Waals surface area contributed by atoms with Crippen molar-refractivity contribution in [2.75, 3.05) is 6.54 Å². The quantitative estimate of drug-likeness (QED) is 0.626. The van der Waals surface area contributed by atoms with E-state index in [1.807, 2.05) is 6.92 Å². The Bertz CT molecular complexity index is 233. The Morgan fingerprint density at radius 3 is 2.09 bits per heavy atom. The van der Waals surface area contributed by atoms with Gasteiger partial charge in [0, 0.05) is 12.6 Å². The Kier molecular flexibility index (Phi) is 2.25. The molecule has 0 saturated carbocycles. The first kappa shape index (κ1) is 9.00. The highest BCUT2D eigenvalue weighted by Crippen LogP contribution is 2.23. The van der Waals surface area contributed by atoms with Crippen molar-refractivity contribution in [1.82, 2.24) is 4.31 Å². The lowest BCUT2D eigenvalue weighted by atomic mass is 10.1. The van der Waals surface area contributed by atoms with Crippen LogP contribution in [0.2, 0.25) is 0 Å². The molecule has 1 rings (SSSR count). The summed E-state index contributed by atoms with van der Waals surface area (Å²) in [5, 5.41) is -0.273. The zero-order chi connectivity index (χ0) is 8.65. The second-order valence-electron chi connectivity index (χ2n) is 3.34. The van der Waals surface area contributed by atoms with E-state index in [0.29, 0.717) is 6.54 Å². The summed E-state index contributed by atoms with van der Waals surface area (Å²) in [4.78, 5) is 0. The Morgan fingerprint density at radius 2 is 2.00 bits per heavy atom. The minimum absolute atomic E-state index is 0.224. The van der Waals surface area contributed by atoms with Crippen LogP contribution < -0.4 is 0 Å². The van der Waals surface area contributed by atoms with Gasteiger partial charge in [0.25, 0.3) is 0 Å². The van der Waals surface area contributed by atoms with Crippen LogP contribution in [0.4, 0.5) is 0 Å². The molecule has 0 aromatic heterocycles. The van der Waals surface area contributed by atoms with Gasteiger partial charge in [0.05, 0.1) is 5.25 Å². The molecule has 1 aliphatic rings. The third kappa shape index (κ3) is 1.42. The lowest BCUT2D eigenvalue weighted by Gasteiger charge is -2.38. The van der Waals surface area contributed by atoms with E-state index in [9.17, 15) is 8.42 Å². The van der Waals surface area contributed by atoms with Crippen LogP contribution in [-0.2, 0) is 10.0 Å². The molecule has 1 unspecified atom stereocenters. The van der Waals surface area contributed by atoms with Gasteiger partial charge < -0.3 is 0 Å².